The van der Waals surface area contributed by atoms with Crippen LogP contribution in [0.3, 0.4) is 0 Å². The van der Waals surface area contributed by atoms with Crippen molar-refractivity contribution < 1.29 is 0 Å². The molecule has 0 aliphatic carbocycles. The van der Waals surface area contributed by atoms with Gasteiger partial charge < -0.3 is 5.32 Å². The van der Waals surface area contributed by atoms with E-state index in [4.69, 9.17) is 0 Å². The first kappa shape index (κ1) is 11.0. The molecule has 0 saturated carbocycles. The molecule has 1 aromatic rings. The van der Waals surface area contributed by atoms with Crippen molar-refractivity contribution in [1.29, 1.82) is 0 Å². The molecule has 1 aliphatic rings. The fourth-order valence-electron chi connectivity index (χ4n) is 1.63. The van der Waals surface area contributed by atoms with Crippen LogP contribution in [0.2, 0.25) is 0 Å². The van der Waals surface area contributed by atoms with E-state index in [-0.39, 0.29) is 12.4 Å². The highest BCUT2D eigenvalue weighted by Gasteiger charge is 2.06. The van der Waals surface area contributed by atoms with Gasteiger partial charge in [-0.25, -0.2) is 0 Å². The van der Waals surface area contributed by atoms with Crippen molar-refractivity contribution in [2.45, 2.75) is 19.4 Å². The second-order valence-corrected chi connectivity index (χ2v) is 4.11. The van der Waals surface area contributed by atoms with Gasteiger partial charge >= 0.3 is 0 Å². The van der Waals surface area contributed by atoms with Crippen molar-refractivity contribution in [2.24, 2.45) is 0 Å². The van der Waals surface area contributed by atoms with Crippen LogP contribution in [0.1, 0.15) is 17.5 Å². The van der Waals surface area contributed by atoms with Crippen molar-refractivity contribution in [3.8, 4) is 0 Å². The predicted molar refractivity (Wildman–Crippen MR) is 61.4 cm³/mol. The van der Waals surface area contributed by atoms with Crippen molar-refractivity contribution in [1.82, 2.24) is 5.32 Å². The minimum Gasteiger partial charge on any atom is -0.313 e. The fraction of sp³-hybridized carbons (Fsp3) is 0.400. The number of hydrogen-bond donors (Lipinski definition) is 1. The Kier molecular flexibility index (Phi) is 4.23. The molecule has 0 amide bonds. The van der Waals surface area contributed by atoms with E-state index < -0.39 is 0 Å². The molecular weight excluding hydrogens is 249 g/mol. The van der Waals surface area contributed by atoms with E-state index in [2.05, 4.69) is 39.4 Å². The van der Waals surface area contributed by atoms with E-state index in [1.165, 1.54) is 28.4 Å². The molecule has 0 aromatic heterocycles. The quantitative estimate of drug-likeness (QED) is 0.758. The molecule has 2 rings (SSSR count). The Balaban J connectivity index is 0.000000845. The van der Waals surface area contributed by atoms with Crippen LogP contribution in [0.15, 0.2) is 22.7 Å². The zero-order valence-electron chi connectivity index (χ0n) is 7.35. The lowest BCUT2D eigenvalue weighted by molar-refractivity contribution is 0.680. The number of benzene rings is 1. The van der Waals surface area contributed by atoms with Gasteiger partial charge in [-0.2, -0.15) is 0 Å². The molecule has 0 spiro atoms. The summed E-state index contributed by atoms with van der Waals surface area (Å²) >= 11 is 3.49. The molecular formula is C10H13BrClN. The van der Waals surface area contributed by atoms with Gasteiger partial charge in [-0.1, -0.05) is 22.0 Å². The predicted octanol–water partition coefficient (Wildman–Crippen LogP) is 2.91. The minimum atomic E-state index is 0. The number of rotatable bonds is 0. The number of hydrogen-bond acceptors (Lipinski definition) is 1. The monoisotopic (exact) mass is 261 g/mol. The van der Waals surface area contributed by atoms with Gasteiger partial charge in [0.25, 0.3) is 0 Å². The summed E-state index contributed by atoms with van der Waals surface area (Å²) in [4.78, 5) is 0. The van der Waals surface area contributed by atoms with Crippen LogP contribution in [-0.2, 0) is 13.0 Å². The molecule has 1 N–H and O–H groups in total. The van der Waals surface area contributed by atoms with E-state index in [1.807, 2.05) is 0 Å². The Hall–Kier alpha value is -0.0500. The van der Waals surface area contributed by atoms with Crippen LogP contribution in [0.5, 0.6) is 0 Å². The minimum absolute atomic E-state index is 0. The molecule has 1 nitrogen and oxygen atoms in total. The van der Waals surface area contributed by atoms with E-state index in [1.54, 1.807) is 0 Å². The summed E-state index contributed by atoms with van der Waals surface area (Å²) in [5.74, 6) is 0. The number of nitrogens with one attached hydrogen (secondary N) is 1. The summed E-state index contributed by atoms with van der Waals surface area (Å²) < 4.78 is 1.19. The first-order chi connectivity index (χ1) is 5.86. The lowest BCUT2D eigenvalue weighted by Gasteiger charge is -2.04. The second kappa shape index (κ2) is 4.99. The molecule has 0 atom stereocenters. The number of fused-ring (bicyclic) bond motifs is 1. The summed E-state index contributed by atoms with van der Waals surface area (Å²) in [5, 5.41) is 3.41. The largest absolute Gasteiger partial charge is 0.313 e. The van der Waals surface area contributed by atoms with Gasteiger partial charge in [0.15, 0.2) is 0 Å². The highest BCUT2D eigenvalue weighted by molar-refractivity contribution is 9.10. The van der Waals surface area contributed by atoms with Gasteiger partial charge in [0.05, 0.1) is 0 Å². The molecule has 0 radical (unpaired) electrons. The molecule has 1 aromatic carbocycles. The van der Waals surface area contributed by atoms with Crippen molar-refractivity contribution in [3.05, 3.63) is 33.8 Å². The highest BCUT2D eigenvalue weighted by Crippen LogP contribution is 2.19. The Labute approximate surface area is 93.5 Å². The zero-order chi connectivity index (χ0) is 8.39. The van der Waals surface area contributed by atoms with Crippen LogP contribution in [0.4, 0.5) is 0 Å². The molecule has 72 valence electrons. The maximum absolute atomic E-state index is 3.49. The SMILES string of the molecule is Brc1ccc2c(c1)CNCCC2.Cl. The van der Waals surface area contributed by atoms with Crippen molar-refractivity contribution in [3.63, 3.8) is 0 Å². The Bertz CT molecular complexity index is 288. The summed E-state index contributed by atoms with van der Waals surface area (Å²) in [6.07, 6.45) is 2.48. The Morgan fingerprint density at radius 3 is 2.92 bits per heavy atom. The fourth-order valence-corrected chi connectivity index (χ4v) is 2.04. The van der Waals surface area contributed by atoms with E-state index in [0.717, 1.165) is 13.1 Å². The van der Waals surface area contributed by atoms with Crippen LogP contribution < -0.4 is 5.32 Å². The highest BCUT2D eigenvalue weighted by atomic mass is 79.9. The van der Waals surface area contributed by atoms with Crippen LogP contribution in [0, 0.1) is 0 Å². The van der Waals surface area contributed by atoms with E-state index in [9.17, 15) is 0 Å². The molecule has 0 bridgehead atoms. The summed E-state index contributed by atoms with van der Waals surface area (Å²) in [7, 11) is 0. The molecule has 0 saturated heterocycles. The number of aryl methyl sites for hydroxylation is 1. The van der Waals surface area contributed by atoms with Crippen molar-refractivity contribution in [2.75, 3.05) is 6.54 Å². The third-order valence-electron chi connectivity index (χ3n) is 2.28. The summed E-state index contributed by atoms with van der Waals surface area (Å²) in [6.45, 7) is 2.17. The standard InChI is InChI=1S/C10H12BrN.ClH/c11-10-4-3-8-2-1-5-12-7-9(8)6-10;/h3-4,6,12H,1-2,5,7H2;1H. The molecule has 0 fully saturated rings. The van der Waals surface area contributed by atoms with E-state index >= 15 is 0 Å². The third kappa shape index (κ3) is 2.70. The topological polar surface area (TPSA) is 12.0 Å². The van der Waals surface area contributed by atoms with Crippen LogP contribution in [-0.4, -0.2) is 6.54 Å². The summed E-state index contributed by atoms with van der Waals surface area (Å²) in [6, 6.07) is 6.57. The lowest BCUT2D eigenvalue weighted by atomic mass is 10.0. The molecule has 13 heavy (non-hydrogen) atoms. The van der Waals surface area contributed by atoms with Gasteiger partial charge in [0, 0.05) is 11.0 Å². The first-order valence-corrected chi connectivity index (χ1v) is 5.13. The number of halogens is 2. The lowest BCUT2D eigenvalue weighted by Crippen LogP contribution is -2.11. The summed E-state index contributed by atoms with van der Waals surface area (Å²) in [5.41, 5.74) is 2.95. The van der Waals surface area contributed by atoms with Gasteiger partial charge in [-0.05, 0) is 42.6 Å². The van der Waals surface area contributed by atoms with Gasteiger partial charge in [-0.15, -0.1) is 12.4 Å². The van der Waals surface area contributed by atoms with Crippen molar-refractivity contribution >= 4 is 28.3 Å². The maximum Gasteiger partial charge on any atom is 0.0208 e. The molecule has 0 unspecified atom stereocenters. The average molecular weight is 263 g/mol. The van der Waals surface area contributed by atoms with E-state index in [0.29, 0.717) is 0 Å². The van der Waals surface area contributed by atoms with Crippen LogP contribution >= 0.6 is 28.3 Å². The van der Waals surface area contributed by atoms with Gasteiger partial charge in [0.1, 0.15) is 0 Å². The van der Waals surface area contributed by atoms with Crippen LogP contribution in [0.25, 0.3) is 0 Å². The molecule has 1 aliphatic heterocycles. The first-order valence-electron chi connectivity index (χ1n) is 4.34. The van der Waals surface area contributed by atoms with Gasteiger partial charge in [0.2, 0.25) is 0 Å². The van der Waals surface area contributed by atoms with Gasteiger partial charge in [-0.3, -0.25) is 0 Å². The normalized spacial score (nSPS) is 15.5. The maximum atomic E-state index is 3.49. The second-order valence-electron chi connectivity index (χ2n) is 3.19. The smallest absolute Gasteiger partial charge is 0.0208 e. The molecule has 1 heterocycles. The Morgan fingerprint density at radius 1 is 1.23 bits per heavy atom. The zero-order valence-corrected chi connectivity index (χ0v) is 9.75. The molecule has 3 heteroatoms. The average Bonchev–Trinajstić information content (AvgIpc) is 2.28. The Morgan fingerprint density at radius 2 is 2.08 bits per heavy atom. The third-order valence-corrected chi connectivity index (χ3v) is 2.78.